The number of amides is 1. The first-order chi connectivity index (χ1) is 8.52. The van der Waals surface area contributed by atoms with Gasteiger partial charge >= 0.3 is 0 Å². The zero-order chi connectivity index (χ0) is 13.5. The van der Waals surface area contributed by atoms with Gasteiger partial charge in [-0.2, -0.15) is 5.26 Å². The first kappa shape index (κ1) is 13.8. The molecule has 1 aromatic rings. The van der Waals surface area contributed by atoms with Crippen LogP contribution in [0.4, 0.5) is 11.4 Å². The summed E-state index contributed by atoms with van der Waals surface area (Å²) < 4.78 is 0. The van der Waals surface area contributed by atoms with Crippen molar-refractivity contribution in [2.45, 2.75) is 13.8 Å². The van der Waals surface area contributed by atoms with Crippen molar-refractivity contribution in [3.05, 3.63) is 23.8 Å². The number of nitrogens with one attached hydrogen (secondary N) is 2. The number of nitriles is 1. The average molecular weight is 246 g/mol. The molecule has 0 radical (unpaired) electrons. The van der Waals surface area contributed by atoms with E-state index >= 15 is 0 Å². The SMILES string of the molecule is CC(C)CNC(=O)CNc1ccc(N)cc1C#N. The van der Waals surface area contributed by atoms with Crippen molar-refractivity contribution in [3.8, 4) is 6.07 Å². The van der Waals surface area contributed by atoms with Gasteiger partial charge in [0, 0.05) is 12.2 Å². The highest BCUT2D eigenvalue weighted by Gasteiger charge is 2.05. The number of benzene rings is 1. The van der Waals surface area contributed by atoms with Crippen LogP contribution in [0, 0.1) is 17.2 Å². The average Bonchev–Trinajstić information content (AvgIpc) is 2.34. The summed E-state index contributed by atoms with van der Waals surface area (Å²) in [5.41, 5.74) is 7.16. The minimum Gasteiger partial charge on any atom is -0.399 e. The molecule has 0 bridgehead atoms. The van der Waals surface area contributed by atoms with E-state index in [9.17, 15) is 4.79 Å². The van der Waals surface area contributed by atoms with Gasteiger partial charge in [0.2, 0.25) is 5.91 Å². The summed E-state index contributed by atoms with van der Waals surface area (Å²) in [6.45, 7) is 4.85. The second-order valence-electron chi connectivity index (χ2n) is 4.47. The van der Waals surface area contributed by atoms with Gasteiger partial charge in [0.1, 0.15) is 6.07 Å². The lowest BCUT2D eigenvalue weighted by Crippen LogP contribution is -2.32. The predicted octanol–water partition coefficient (Wildman–Crippen LogP) is 1.32. The van der Waals surface area contributed by atoms with Gasteiger partial charge in [0.25, 0.3) is 0 Å². The van der Waals surface area contributed by atoms with Gasteiger partial charge in [0.05, 0.1) is 17.8 Å². The zero-order valence-corrected chi connectivity index (χ0v) is 10.7. The fourth-order valence-electron chi connectivity index (χ4n) is 1.36. The minimum absolute atomic E-state index is 0.0931. The van der Waals surface area contributed by atoms with E-state index in [1.165, 1.54) is 0 Å². The predicted molar refractivity (Wildman–Crippen MR) is 71.9 cm³/mol. The fourth-order valence-corrected chi connectivity index (χ4v) is 1.36. The number of nitrogens with zero attached hydrogens (tertiary/aromatic N) is 1. The summed E-state index contributed by atoms with van der Waals surface area (Å²) >= 11 is 0. The van der Waals surface area contributed by atoms with Crippen molar-refractivity contribution in [3.63, 3.8) is 0 Å². The summed E-state index contributed by atoms with van der Waals surface area (Å²) in [4.78, 5) is 11.5. The quantitative estimate of drug-likeness (QED) is 0.683. The Morgan fingerprint density at radius 3 is 2.83 bits per heavy atom. The molecule has 0 aliphatic carbocycles. The van der Waals surface area contributed by atoms with Crippen LogP contribution in [-0.2, 0) is 4.79 Å². The molecule has 0 unspecified atom stereocenters. The monoisotopic (exact) mass is 246 g/mol. The number of anilines is 2. The Balaban J connectivity index is 2.54. The first-order valence-corrected chi connectivity index (χ1v) is 5.83. The van der Waals surface area contributed by atoms with Gasteiger partial charge in [-0.3, -0.25) is 4.79 Å². The molecule has 0 fully saturated rings. The second-order valence-corrected chi connectivity index (χ2v) is 4.47. The summed E-state index contributed by atoms with van der Waals surface area (Å²) in [7, 11) is 0. The molecular weight excluding hydrogens is 228 g/mol. The molecule has 1 rings (SSSR count). The van der Waals surface area contributed by atoms with Gasteiger partial charge in [-0.25, -0.2) is 0 Å². The van der Waals surface area contributed by atoms with E-state index in [0.717, 1.165) is 0 Å². The maximum atomic E-state index is 11.5. The molecule has 0 aliphatic rings. The number of carbonyl (C=O) groups is 1. The van der Waals surface area contributed by atoms with Crippen LogP contribution < -0.4 is 16.4 Å². The van der Waals surface area contributed by atoms with Crippen molar-refractivity contribution >= 4 is 17.3 Å². The highest BCUT2D eigenvalue weighted by Crippen LogP contribution is 2.17. The topological polar surface area (TPSA) is 90.9 Å². The van der Waals surface area contributed by atoms with Crippen LogP contribution in [0.5, 0.6) is 0 Å². The van der Waals surface area contributed by atoms with Crippen molar-refractivity contribution < 1.29 is 4.79 Å². The molecule has 0 aliphatic heterocycles. The Morgan fingerprint density at radius 2 is 2.22 bits per heavy atom. The molecule has 4 N–H and O–H groups in total. The smallest absolute Gasteiger partial charge is 0.239 e. The molecule has 5 nitrogen and oxygen atoms in total. The van der Waals surface area contributed by atoms with Gasteiger partial charge in [-0.1, -0.05) is 13.8 Å². The largest absolute Gasteiger partial charge is 0.399 e. The number of nitrogen functional groups attached to an aromatic ring is 1. The van der Waals surface area contributed by atoms with Crippen molar-refractivity contribution in [1.29, 1.82) is 5.26 Å². The maximum Gasteiger partial charge on any atom is 0.239 e. The van der Waals surface area contributed by atoms with Gasteiger partial charge < -0.3 is 16.4 Å². The van der Waals surface area contributed by atoms with Crippen LogP contribution in [0.25, 0.3) is 0 Å². The van der Waals surface area contributed by atoms with E-state index in [-0.39, 0.29) is 12.5 Å². The molecule has 0 atom stereocenters. The van der Waals surface area contributed by atoms with Crippen molar-refractivity contribution in [1.82, 2.24) is 5.32 Å². The summed E-state index contributed by atoms with van der Waals surface area (Å²) in [6.07, 6.45) is 0. The number of rotatable bonds is 5. The Bertz CT molecular complexity index is 463. The highest BCUT2D eigenvalue weighted by atomic mass is 16.1. The normalized spacial score (nSPS) is 9.89. The van der Waals surface area contributed by atoms with Gasteiger partial charge in [0.15, 0.2) is 0 Å². The molecule has 1 amide bonds. The molecular formula is C13H18N4O. The number of nitrogens with two attached hydrogens (primary N) is 1. The van der Waals surface area contributed by atoms with E-state index in [1.54, 1.807) is 18.2 Å². The fraction of sp³-hybridized carbons (Fsp3) is 0.385. The van der Waals surface area contributed by atoms with Gasteiger partial charge in [-0.15, -0.1) is 0 Å². The Labute approximate surface area is 107 Å². The van der Waals surface area contributed by atoms with Crippen LogP contribution in [0.3, 0.4) is 0 Å². The minimum atomic E-state index is -0.0931. The third kappa shape index (κ3) is 4.34. The van der Waals surface area contributed by atoms with Crippen LogP contribution in [-0.4, -0.2) is 19.0 Å². The lowest BCUT2D eigenvalue weighted by molar-refractivity contribution is -0.119. The van der Waals surface area contributed by atoms with E-state index in [0.29, 0.717) is 29.4 Å². The number of hydrogen-bond acceptors (Lipinski definition) is 4. The van der Waals surface area contributed by atoms with Crippen LogP contribution in [0.2, 0.25) is 0 Å². The lowest BCUT2D eigenvalue weighted by atomic mass is 10.1. The third-order valence-corrected chi connectivity index (χ3v) is 2.31. The van der Waals surface area contributed by atoms with Gasteiger partial charge in [-0.05, 0) is 24.1 Å². The number of hydrogen-bond donors (Lipinski definition) is 3. The maximum absolute atomic E-state index is 11.5. The molecule has 96 valence electrons. The van der Waals surface area contributed by atoms with E-state index < -0.39 is 0 Å². The molecule has 1 aromatic carbocycles. The first-order valence-electron chi connectivity index (χ1n) is 5.83. The Kier molecular flexibility index (Phi) is 5.00. The molecule has 18 heavy (non-hydrogen) atoms. The molecule has 0 saturated carbocycles. The van der Waals surface area contributed by atoms with Crippen LogP contribution in [0.15, 0.2) is 18.2 Å². The van der Waals surface area contributed by atoms with Crippen LogP contribution >= 0.6 is 0 Å². The summed E-state index contributed by atoms with van der Waals surface area (Å²) in [6, 6.07) is 7.00. The Hall–Kier alpha value is -2.22. The molecule has 0 saturated heterocycles. The molecule has 0 aromatic heterocycles. The van der Waals surface area contributed by atoms with E-state index in [2.05, 4.69) is 10.6 Å². The molecule has 5 heteroatoms. The summed E-state index contributed by atoms with van der Waals surface area (Å²) in [5, 5.41) is 14.7. The van der Waals surface area contributed by atoms with Crippen molar-refractivity contribution in [2.75, 3.05) is 24.1 Å². The highest BCUT2D eigenvalue weighted by molar-refractivity contribution is 5.81. The summed E-state index contributed by atoms with van der Waals surface area (Å²) in [5.74, 6) is 0.324. The molecule has 0 heterocycles. The van der Waals surface area contributed by atoms with E-state index in [1.807, 2.05) is 19.9 Å². The zero-order valence-electron chi connectivity index (χ0n) is 10.7. The van der Waals surface area contributed by atoms with Crippen molar-refractivity contribution in [2.24, 2.45) is 5.92 Å². The second kappa shape index (κ2) is 6.50. The standard InChI is InChI=1S/C13H18N4O/c1-9(2)7-17-13(18)8-16-12-4-3-11(15)5-10(12)6-14/h3-5,9,16H,7-8,15H2,1-2H3,(H,17,18). The molecule has 0 spiro atoms. The Morgan fingerprint density at radius 1 is 1.50 bits per heavy atom. The van der Waals surface area contributed by atoms with Crippen LogP contribution in [0.1, 0.15) is 19.4 Å². The lowest BCUT2D eigenvalue weighted by Gasteiger charge is -2.10. The van der Waals surface area contributed by atoms with E-state index in [4.69, 9.17) is 11.0 Å². The number of carbonyl (C=O) groups excluding carboxylic acids is 1. The third-order valence-electron chi connectivity index (χ3n) is 2.31.